The van der Waals surface area contributed by atoms with Crippen LogP contribution in [0.15, 0.2) is 23.2 Å². The molecule has 3 N–H and O–H groups in total. The third-order valence-electron chi connectivity index (χ3n) is 3.26. The van der Waals surface area contributed by atoms with Crippen LogP contribution in [0.2, 0.25) is 0 Å². The Labute approximate surface area is 108 Å². The Hall–Kier alpha value is -1.18. The molecule has 0 amide bonds. The molecule has 18 heavy (non-hydrogen) atoms. The Morgan fingerprint density at radius 3 is 2.61 bits per heavy atom. The fourth-order valence-electron chi connectivity index (χ4n) is 1.36. The first-order chi connectivity index (χ1) is 8.25. The lowest BCUT2D eigenvalue weighted by atomic mass is 10.0. The van der Waals surface area contributed by atoms with Crippen LogP contribution in [0.1, 0.15) is 27.2 Å². The summed E-state index contributed by atoms with van der Waals surface area (Å²) >= 11 is 0. The minimum atomic E-state index is -3.54. The molecular weight excluding hydrogens is 252 g/mol. The molecule has 0 aliphatic carbocycles. The van der Waals surface area contributed by atoms with Gasteiger partial charge in [0.2, 0.25) is 10.0 Å². The van der Waals surface area contributed by atoms with Crippen LogP contribution in [0.5, 0.6) is 0 Å². The van der Waals surface area contributed by atoms with Crippen molar-refractivity contribution in [3.05, 3.63) is 18.3 Å². The molecule has 0 aromatic carbocycles. The van der Waals surface area contributed by atoms with Crippen molar-refractivity contribution in [1.29, 1.82) is 0 Å². The van der Waals surface area contributed by atoms with Crippen LogP contribution < -0.4 is 11.3 Å². The van der Waals surface area contributed by atoms with E-state index in [0.717, 1.165) is 6.42 Å². The highest BCUT2D eigenvalue weighted by Gasteiger charge is 2.32. The summed E-state index contributed by atoms with van der Waals surface area (Å²) in [5.41, 5.74) is 1.89. The van der Waals surface area contributed by atoms with E-state index in [2.05, 4.69) is 10.4 Å². The summed E-state index contributed by atoms with van der Waals surface area (Å²) in [6.45, 7) is 5.72. The average Bonchev–Trinajstić information content (AvgIpc) is 2.37. The van der Waals surface area contributed by atoms with Crippen molar-refractivity contribution in [3.63, 3.8) is 0 Å². The van der Waals surface area contributed by atoms with Gasteiger partial charge in [-0.15, -0.1) is 0 Å². The Bertz CT molecular complexity index is 514. The van der Waals surface area contributed by atoms with E-state index in [1.807, 2.05) is 20.8 Å². The van der Waals surface area contributed by atoms with E-state index in [4.69, 9.17) is 5.84 Å². The fourth-order valence-corrected chi connectivity index (χ4v) is 2.95. The summed E-state index contributed by atoms with van der Waals surface area (Å²) in [5.74, 6) is 5.55. The van der Waals surface area contributed by atoms with Crippen LogP contribution in [-0.2, 0) is 10.0 Å². The third kappa shape index (κ3) is 2.80. The maximum absolute atomic E-state index is 12.4. The molecule has 0 bridgehead atoms. The molecule has 0 aliphatic heterocycles. The molecule has 0 saturated carbocycles. The first kappa shape index (κ1) is 14.9. The van der Waals surface area contributed by atoms with E-state index in [1.54, 1.807) is 7.05 Å². The van der Waals surface area contributed by atoms with Crippen LogP contribution in [0.3, 0.4) is 0 Å². The lowest BCUT2D eigenvalue weighted by molar-refractivity contribution is 0.257. The average molecular weight is 272 g/mol. The summed E-state index contributed by atoms with van der Waals surface area (Å²) in [5, 5.41) is 0. The van der Waals surface area contributed by atoms with Gasteiger partial charge in [0.05, 0.1) is 4.90 Å². The summed E-state index contributed by atoms with van der Waals surface area (Å²) in [6, 6.07) is 2.87. The summed E-state index contributed by atoms with van der Waals surface area (Å²) in [6.07, 6.45) is 2.13. The normalized spacial score (nSPS) is 12.8. The second-order valence-electron chi connectivity index (χ2n) is 4.66. The molecule has 0 unspecified atom stereocenters. The van der Waals surface area contributed by atoms with Gasteiger partial charge in [0.1, 0.15) is 5.82 Å². The van der Waals surface area contributed by atoms with Crippen LogP contribution >= 0.6 is 0 Å². The highest BCUT2D eigenvalue weighted by Crippen LogP contribution is 2.25. The maximum atomic E-state index is 12.4. The molecule has 102 valence electrons. The Kier molecular flexibility index (Phi) is 4.31. The fraction of sp³-hybridized carbons (Fsp3) is 0.545. The number of hydrogen-bond acceptors (Lipinski definition) is 5. The number of hydrogen-bond donors (Lipinski definition) is 2. The highest BCUT2D eigenvalue weighted by molar-refractivity contribution is 7.89. The van der Waals surface area contributed by atoms with E-state index in [0.29, 0.717) is 5.82 Å². The van der Waals surface area contributed by atoms with Gasteiger partial charge in [0, 0.05) is 24.8 Å². The minimum absolute atomic E-state index is 0.175. The topological polar surface area (TPSA) is 88.3 Å². The minimum Gasteiger partial charge on any atom is -0.308 e. The van der Waals surface area contributed by atoms with Crippen molar-refractivity contribution >= 4 is 15.8 Å². The number of pyridine rings is 1. The van der Waals surface area contributed by atoms with Crippen LogP contribution in [-0.4, -0.2) is 30.3 Å². The molecule has 0 spiro atoms. The van der Waals surface area contributed by atoms with Crippen molar-refractivity contribution < 1.29 is 8.42 Å². The molecule has 6 nitrogen and oxygen atoms in total. The van der Waals surface area contributed by atoms with Gasteiger partial charge in [-0.05, 0) is 26.3 Å². The van der Waals surface area contributed by atoms with Gasteiger partial charge < -0.3 is 5.43 Å². The van der Waals surface area contributed by atoms with Gasteiger partial charge in [-0.2, -0.15) is 4.31 Å². The first-order valence-corrected chi connectivity index (χ1v) is 7.11. The van der Waals surface area contributed by atoms with Crippen molar-refractivity contribution in [2.45, 2.75) is 37.6 Å². The van der Waals surface area contributed by atoms with Crippen molar-refractivity contribution in [2.75, 3.05) is 12.5 Å². The van der Waals surface area contributed by atoms with E-state index in [1.165, 1.54) is 22.6 Å². The van der Waals surface area contributed by atoms with Gasteiger partial charge in [-0.1, -0.05) is 6.92 Å². The number of anilines is 1. The van der Waals surface area contributed by atoms with E-state index in [9.17, 15) is 8.42 Å². The van der Waals surface area contributed by atoms with Crippen molar-refractivity contribution in [1.82, 2.24) is 9.29 Å². The molecule has 7 heteroatoms. The maximum Gasteiger partial charge on any atom is 0.243 e. The number of aromatic nitrogens is 1. The number of sulfonamides is 1. The van der Waals surface area contributed by atoms with E-state index in [-0.39, 0.29) is 4.90 Å². The SMILES string of the molecule is CCC(C)(C)N(C)S(=O)(=O)c1ccnc(NN)c1. The van der Waals surface area contributed by atoms with Gasteiger partial charge in [0.15, 0.2) is 0 Å². The summed E-state index contributed by atoms with van der Waals surface area (Å²) in [4.78, 5) is 4.07. The van der Waals surface area contributed by atoms with E-state index >= 15 is 0 Å². The van der Waals surface area contributed by atoms with Gasteiger partial charge >= 0.3 is 0 Å². The predicted octanol–water partition coefficient (Wildman–Crippen LogP) is 1.18. The van der Waals surface area contributed by atoms with Gasteiger partial charge in [-0.3, -0.25) is 0 Å². The second kappa shape index (κ2) is 5.21. The zero-order valence-electron chi connectivity index (χ0n) is 11.1. The lowest BCUT2D eigenvalue weighted by Crippen LogP contribution is -2.44. The van der Waals surface area contributed by atoms with Gasteiger partial charge in [0.25, 0.3) is 0 Å². The van der Waals surface area contributed by atoms with Gasteiger partial charge in [-0.25, -0.2) is 19.2 Å². The molecular formula is C11H20N4O2S. The number of nitrogens with zero attached hydrogens (tertiary/aromatic N) is 2. The summed E-state index contributed by atoms with van der Waals surface area (Å²) in [7, 11) is -1.97. The molecule has 0 radical (unpaired) electrons. The molecule has 1 rings (SSSR count). The predicted molar refractivity (Wildman–Crippen MR) is 71.4 cm³/mol. The molecule has 0 aliphatic rings. The third-order valence-corrected chi connectivity index (χ3v) is 5.32. The zero-order valence-corrected chi connectivity index (χ0v) is 12.0. The first-order valence-electron chi connectivity index (χ1n) is 5.67. The quantitative estimate of drug-likeness (QED) is 0.620. The number of nitrogen functional groups attached to an aromatic ring is 1. The molecule has 0 fully saturated rings. The smallest absolute Gasteiger partial charge is 0.243 e. The monoisotopic (exact) mass is 272 g/mol. The summed E-state index contributed by atoms with van der Waals surface area (Å²) < 4.78 is 26.2. The number of nitrogens with one attached hydrogen (secondary N) is 1. The van der Waals surface area contributed by atoms with Crippen molar-refractivity contribution in [2.24, 2.45) is 5.84 Å². The molecule has 1 aromatic heterocycles. The largest absolute Gasteiger partial charge is 0.308 e. The van der Waals surface area contributed by atoms with E-state index < -0.39 is 15.6 Å². The van der Waals surface area contributed by atoms with Crippen LogP contribution in [0.25, 0.3) is 0 Å². The molecule has 0 saturated heterocycles. The lowest BCUT2D eigenvalue weighted by Gasteiger charge is -2.33. The Morgan fingerprint density at radius 2 is 2.11 bits per heavy atom. The number of hydrazine groups is 1. The molecule has 1 aromatic rings. The zero-order chi connectivity index (χ0) is 14.0. The standard InChI is InChI=1S/C11H20N4O2S/c1-5-11(2,3)15(4)18(16,17)9-6-7-13-10(8-9)14-12/h6-8H,5,12H2,1-4H3,(H,13,14). The molecule has 1 heterocycles. The van der Waals surface area contributed by atoms with Crippen LogP contribution in [0.4, 0.5) is 5.82 Å². The number of nitrogens with two attached hydrogens (primary N) is 1. The highest BCUT2D eigenvalue weighted by atomic mass is 32.2. The second-order valence-corrected chi connectivity index (χ2v) is 6.63. The number of rotatable bonds is 5. The Balaban J connectivity index is 3.21. The molecule has 0 atom stereocenters. The van der Waals surface area contributed by atoms with Crippen LogP contribution in [0, 0.1) is 0 Å². The Morgan fingerprint density at radius 1 is 1.50 bits per heavy atom. The van der Waals surface area contributed by atoms with Crippen molar-refractivity contribution in [3.8, 4) is 0 Å².